The van der Waals surface area contributed by atoms with Gasteiger partial charge in [0.15, 0.2) is 11.6 Å². The minimum Gasteiger partial charge on any atom is -0.507 e. The molecule has 6 heteroatoms. The predicted molar refractivity (Wildman–Crippen MR) is 91.9 cm³/mol. The number of ether oxygens (including phenoxy) is 1. The van der Waals surface area contributed by atoms with E-state index in [0.29, 0.717) is 11.1 Å². The van der Waals surface area contributed by atoms with Crippen LogP contribution in [0.4, 0.5) is 0 Å². The lowest BCUT2D eigenvalue weighted by Crippen LogP contribution is -2.36. The van der Waals surface area contributed by atoms with Crippen LogP contribution in [-0.4, -0.2) is 39.6 Å². The van der Waals surface area contributed by atoms with Gasteiger partial charge in [-0.25, -0.2) is 0 Å². The first-order valence-electron chi connectivity index (χ1n) is 8.30. The van der Waals surface area contributed by atoms with Gasteiger partial charge in [-0.05, 0) is 36.2 Å². The van der Waals surface area contributed by atoms with E-state index in [4.69, 9.17) is 4.74 Å². The van der Waals surface area contributed by atoms with Crippen molar-refractivity contribution in [3.8, 4) is 11.5 Å². The van der Waals surface area contributed by atoms with E-state index in [2.05, 4.69) is 0 Å². The van der Waals surface area contributed by atoms with Gasteiger partial charge in [-0.2, -0.15) is 0 Å². The lowest BCUT2D eigenvalue weighted by Gasteiger charge is -2.35. The molecule has 4 rings (SSSR count). The highest BCUT2D eigenvalue weighted by molar-refractivity contribution is 6.30. The Morgan fingerprint density at radius 2 is 1.81 bits per heavy atom. The van der Waals surface area contributed by atoms with E-state index < -0.39 is 23.3 Å². The highest BCUT2D eigenvalue weighted by Crippen LogP contribution is 2.44. The van der Waals surface area contributed by atoms with Crippen LogP contribution >= 0.6 is 0 Å². The fraction of sp³-hybridized carbons (Fsp3) is 0.300. The molecular formula is C20H18O6. The van der Waals surface area contributed by atoms with E-state index in [1.807, 2.05) is 0 Å². The first kappa shape index (κ1) is 16.8. The quantitative estimate of drug-likeness (QED) is 0.617. The van der Waals surface area contributed by atoms with Crippen LogP contribution in [0.5, 0.6) is 11.5 Å². The summed E-state index contributed by atoms with van der Waals surface area (Å²) >= 11 is 0. The molecule has 2 atom stereocenters. The Labute approximate surface area is 149 Å². The molecule has 2 aromatic rings. The summed E-state index contributed by atoms with van der Waals surface area (Å²) in [6.45, 7) is 1.62. The number of phenols is 1. The molecule has 134 valence electrons. The molecule has 2 aliphatic rings. The summed E-state index contributed by atoms with van der Waals surface area (Å²) in [5, 5.41) is 31.1. The van der Waals surface area contributed by atoms with Crippen molar-refractivity contribution < 1.29 is 29.6 Å². The number of rotatable bonds is 1. The average Bonchev–Trinajstić information content (AvgIpc) is 2.57. The molecule has 0 fully saturated rings. The van der Waals surface area contributed by atoms with Gasteiger partial charge in [0.1, 0.15) is 11.5 Å². The number of aliphatic hydroxyl groups excluding tert-OH is 1. The van der Waals surface area contributed by atoms with Gasteiger partial charge in [0.25, 0.3) is 0 Å². The van der Waals surface area contributed by atoms with Gasteiger partial charge in [-0.3, -0.25) is 9.59 Å². The van der Waals surface area contributed by atoms with Crippen molar-refractivity contribution in [2.24, 2.45) is 0 Å². The van der Waals surface area contributed by atoms with Gasteiger partial charge < -0.3 is 20.1 Å². The van der Waals surface area contributed by atoms with E-state index in [9.17, 15) is 24.9 Å². The molecule has 0 amide bonds. The third-order valence-electron chi connectivity index (χ3n) is 5.16. The Morgan fingerprint density at radius 3 is 2.50 bits per heavy atom. The molecule has 0 bridgehead atoms. The summed E-state index contributed by atoms with van der Waals surface area (Å²) in [6.07, 6.45) is -0.741. The molecule has 0 aliphatic heterocycles. The summed E-state index contributed by atoms with van der Waals surface area (Å²) < 4.78 is 5.20. The first-order valence-corrected chi connectivity index (χ1v) is 8.30. The van der Waals surface area contributed by atoms with Gasteiger partial charge in [-0.15, -0.1) is 0 Å². The second kappa shape index (κ2) is 5.40. The average molecular weight is 354 g/mol. The third-order valence-corrected chi connectivity index (χ3v) is 5.16. The van der Waals surface area contributed by atoms with Gasteiger partial charge >= 0.3 is 0 Å². The van der Waals surface area contributed by atoms with E-state index in [1.54, 1.807) is 13.0 Å². The van der Waals surface area contributed by atoms with E-state index in [1.165, 1.54) is 25.3 Å². The second-order valence-corrected chi connectivity index (χ2v) is 7.15. The summed E-state index contributed by atoms with van der Waals surface area (Å²) in [5.41, 5.74) is 0.0881. The van der Waals surface area contributed by atoms with Crippen LogP contribution in [0.15, 0.2) is 24.3 Å². The molecule has 26 heavy (non-hydrogen) atoms. The van der Waals surface area contributed by atoms with E-state index in [0.717, 1.165) is 0 Å². The van der Waals surface area contributed by atoms with Gasteiger partial charge in [0.05, 0.1) is 29.9 Å². The number of carbonyl (C=O) groups excluding carboxylic acids is 2. The molecule has 2 aliphatic carbocycles. The van der Waals surface area contributed by atoms with Crippen molar-refractivity contribution in [1.29, 1.82) is 0 Å². The number of aliphatic hydroxyl groups is 2. The maximum atomic E-state index is 13.2. The number of benzene rings is 2. The number of hydrogen-bond acceptors (Lipinski definition) is 6. The van der Waals surface area contributed by atoms with Crippen molar-refractivity contribution in [3.05, 3.63) is 57.6 Å². The zero-order chi connectivity index (χ0) is 18.8. The largest absolute Gasteiger partial charge is 0.507 e. The molecule has 0 saturated carbocycles. The maximum Gasteiger partial charge on any atom is 0.198 e. The molecule has 2 aromatic carbocycles. The second-order valence-electron chi connectivity index (χ2n) is 7.15. The standard InChI is InChI=1S/C20H18O6/c1-20(25)7-9-3-4-10-15(14(9)12(22)8-20)19(24)16-11(21)5-6-13(26-2)17(16)18(10)23/h3-6,12,21-22,25H,7-8H2,1-2H3. The molecule has 3 N–H and O–H groups in total. The molecule has 0 aromatic heterocycles. The van der Waals surface area contributed by atoms with Crippen LogP contribution in [0.3, 0.4) is 0 Å². The van der Waals surface area contributed by atoms with Gasteiger partial charge in [0, 0.05) is 24.0 Å². The van der Waals surface area contributed by atoms with E-state index in [-0.39, 0.29) is 46.6 Å². The van der Waals surface area contributed by atoms with Gasteiger partial charge in [-0.1, -0.05) is 6.07 Å². The number of methoxy groups -OCH3 is 1. The zero-order valence-electron chi connectivity index (χ0n) is 14.4. The highest BCUT2D eigenvalue weighted by atomic mass is 16.5. The Morgan fingerprint density at radius 1 is 1.08 bits per heavy atom. The molecule has 0 spiro atoms. The van der Waals surface area contributed by atoms with Crippen LogP contribution in [0.2, 0.25) is 0 Å². The highest BCUT2D eigenvalue weighted by Gasteiger charge is 2.41. The van der Waals surface area contributed by atoms with Crippen molar-refractivity contribution in [1.82, 2.24) is 0 Å². The van der Waals surface area contributed by atoms with Crippen molar-refractivity contribution in [2.75, 3.05) is 7.11 Å². The molecule has 0 saturated heterocycles. The lowest BCUT2D eigenvalue weighted by atomic mass is 9.72. The first-order chi connectivity index (χ1) is 12.2. The number of ketones is 2. The number of aromatic hydroxyl groups is 1. The third kappa shape index (κ3) is 2.19. The normalized spacial score (nSPS) is 23.9. The van der Waals surface area contributed by atoms with Crippen molar-refractivity contribution >= 4 is 11.6 Å². The number of hydrogen-bond donors (Lipinski definition) is 3. The zero-order valence-corrected chi connectivity index (χ0v) is 14.4. The SMILES string of the molecule is COc1ccc(O)c2c1C(=O)c1ccc3c(c1C2=O)C(O)CC(C)(O)C3. The summed E-state index contributed by atoms with van der Waals surface area (Å²) in [4.78, 5) is 26.2. The number of fused-ring (bicyclic) bond motifs is 4. The number of carbonyl (C=O) groups is 2. The van der Waals surface area contributed by atoms with Gasteiger partial charge in [0.2, 0.25) is 0 Å². The summed E-state index contributed by atoms with van der Waals surface area (Å²) in [7, 11) is 1.39. The van der Waals surface area contributed by atoms with Crippen LogP contribution in [0, 0.1) is 0 Å². The summed E-state index contributed by atoms with van der Waals surface area (Å²) in [5.74, 6) is -1.05. The molecule has 2 unspecified atom stereocenters. The smallest absolute Gasteiger partial charge is 0.198 e. The molecular weight excluding hydrogens is 336 g/mol. The lowest BCUT2D eigenvalue weighted by molar-refractivity contribution is -0.00777. The fourth-order valence-corrected chi connectivity index (χ4v) is 4.09. The minimum absolute atomic E-state index is 0.0299. The molecule has 0 heterocycles. The number of phenolic OH excluding ortho intramolecular Hbond substituents is 1. The predicted octanol–water partition coefficient (Wildman–Crippen LogP) is 1.91. The molecule has 0 radical (unpaired) electrons. The van der Waals surface area contributed by atoms with Crippen LogP contribution < -0.4 is 4.74 Å². The summed E-state index contributed by atoms with van der Waals surface area (Å²) in [6, 6.07) is 5.95. The Balaban J connectivity index is 2.01. The van der Waals surface area contributed by atoms with Crippen LogP contribution in [-0.2, 0) is 6.42 Å². The Kier molecular flexibility index (Phi) is 3.48. The van der Waals surface area contributed by atoms with E-state index >= 15 is 0 Å². The Bertz CT molecular complexity index is 973. The van der Waals surface area contributed by atoms with Crippen LogP contribution in [0.1, 0.15) is 62.4 Å². The topological polar surface area (TPSA) is 104 Å². The minimum atomic E-state index is -1.09. The maximum absolute atomic E-state index is 13.2. The molecule has 6 nitrogen and oxygen atoms in total. The van der Waals surface area contributed by atoms with Crippen molar-refractivity contribution in [3.63, 3.8) is 0 Å². The fourth-order valence-electron chi connectivity index (χ4n) is 4.09. The Hall–Kier alpha value is -2.70. The van der Waals surface area contributed by atoms with Crippen LogP contribution in [0.25, 0.3) is 0 Å². The monoisotopic (exact) mass is 354 g/mol. The van der Waals surface area contributed by atoms with Crippen molar-refractivity contribution in [2.45, 2.75) is 31.5 Å².